The average Bonchev–Trinajstić information content (AvgIpc) is 2.88. The van der Waals surface area contributed by atoms with Gasteiger partial charge in [0.2, 0.25) is 0 Å². The second-order valence-electron chi connectivity index (χ2n) is 5.31. The summed E-state index contributed by atoms with van der Waals surface area (Å²) < 4.78 is 5.06. The van der Waals surface area contributed by atoms with Crippen LogP contribution in [0.2, 0.25) is 0 Å². The van der Waals surface area contributed by atoms with Gasteiger partial charge in [-0.25, -0.2) is 4.79 Å². The van der Waals surface area contributed by atoms with Gasteiger partial charge >= 0.3 is 5.97 Å². The summed E-state index contributed by atoms with van der Waals surface area (Å²) in [6.45, 7) is 5.56. The number of ether oxygens (including phenoxy) is 1. The van der Waals surface area contributed by atoms with E-state index in [1.165, 1.54) is 41.3 Å². The number of nitrogens with one attached hydrogen (secondary N) is 1. The molecular weight excluding hydrogens is 376 g/mol. The minimum Gasteiger partial charge on any atom is -0.462 e. The second-order valence-corrected chi connectivity index (χ2v) is 7.38. The van der Waals surface area contributed by atoms with Gasteiger partial charge in [0.25, 0.3) is 11.6 Å². The summed E-state index contributed by atoms with van der Waals surface area (Å²) in [4.78, 5) is 36.8. The van der Waals surface area contributed by atoms with Crippen molar-refractivity contribution in [3.05, 3.63) is 49.9 Å². The first-order chi connectivity index (χ1) is 12.3. The van der Waals surface area contributed by atoms with E-state index >= 15 is 0 Å². The molecule has 0 bridgehead atoms. The molecule has 0 aliphatic carbocycles. The van der Waals surface area contributed by atoms with Crippen LogP contribution in [0.1, 0.15) is 38.1 Å². The molecule has 1 aromatic carbocycles. The predicted molar refractivity (Wildman–Crippen MR) is 103 cm³/mol. The van der Waals surface area contributed by atoms with Gasteiger partial charge in [0.15, 0.2) is 0 Å². The van der Waals surface area contributed by atoms with E-state index in [-0.39, 0.29) is 17.9 Å². The quantitative estimate of drug-likeness (QED) is 0.337. The molecule has 7 nitrogen and oxygen atoms in total. The molecule has 1 aromatic heterocycles. The largest absolute Gasteiger partial charge is 0.462 e. The van der Waals surface area contributed by atoms with Gasteiger partial charge in [-0.2, -0.15) is 0 Å². The van der Waals surface area contributed by atoms with Crippen molar-refractivity contribution in [2.24, 2.45) is 0 Å². The molecule has 1 amide bonds. The van der Waals surface area contributed by atoms with Crippen molar-refractivity contribution in [3.63, 3.8) is 0 Å². The first-order valence-corrected chi connectivity index (χ1v) is 9.75. The molecule has 0 radical (unpaired) electrons. The van der Waals surface area contributed by atoms with Crippen molar-refractivity contribution in [3.8, 4) is 0 Å². The molecule has 0 unspecified atom stereocenters. The summed E-state index contributed by atoms with van der Waals surface area (Å²) in [6, 6.07) is 4.29. The number of rotatable bonds is 6. The summed E-state index contributed by atoms with van der Waals surface area (Å²) >= 11 is 2.50. The van der Waals surface area contributed by atoms with E-state index in [0.29, 0.717) is 15.5 Å². The monoisotopic (exact) mass is 394 g/mol. The van der Waals surface area contributed by atoms with Crippen molar-refractivity contribution in [1.82, 2.24) is 0 Å². The molecule has 9 heteroatoms. The number of thioether (sulfide) groups is 1. The van der Waals surface area contributed by atoms with Gasteiger partial charge in [-0.3, -0.25) is 14.9 Å². The Labute approximate surface area is 158 Å². The fourth-order valence-corrected chi connectivity index (χ4v) is 3.90. The number of hydrogen-bond donors (Lipinski definition) is 1. The lowest BCUT2D eigenvalue weighted by Gasteiger charge is -2.08. The normalized spacial score (nSPS) is 10.5. The van der Waals surface area contributed by atoms with E-state index in [0.717, 1.165) is 10.4 Å². The Hall–Kier alpha value is -2.39. The van der Waals surface area contributed by atoms with Crippen LogP contribution in [0, 0.1) is 24.0 Å². The number of hydrogen-bond acceptors (Lipinski definition) is 7. The highest BCUT2D eigenvalue weighted by Crippen LogP contribution is 2.34. The van der Waals surface area contributed by atoms with Crippen LogP contribution in [0.15, 0.2) is 23.1 Å². The molecule has 0 spiro atoms. The van der Waals surface area contributed by atoms with Gasteiger partial charge in [0, 0.05) is 16.5 Å². The molecule has 0 saturated heterocycles. The second kappa shape index (κ2) is 8.33. The Morgan fingerprint density at radius 2 is 2.04 bits per heavy atom. The zero-order chi connectivity index (χ0) is 19.4. The SMILES string of the molecule is CCOC(=O)c1c(NC(=O)c2ccc(SC)c([N+](=O)[O-])c2)sc(C)c1C. The maximum absolute atomic E-state index is 12.6. The van der Waals surface area contributed by atoms with E-state index in [2.05, 4.69) is 5.32 Å². The van der Waals surface area contributed by atoms with Crippen molar-refractivity contribution in [1.29, 1.82) is 0 Å². The van der Waals surface area contributed by atoms with E-state index in [1.54, 1.807) is 20.1 Å². The molecule has 0 saturated carbocycles. The Kier molecular flexibility index (Phi) is 6.38. The van der Waals surface area contributed by atoms with Crippen LogP contribution in [-0.4, -0.2) is 29.7 Å². The number of esters is 1. The van der Waals surface area contributed by atoms with Crippen LogP contribution in [0.3, 0.4) is 0 Å². The average molecular weight is 394 g/mol. The molecule has 0 aliphatic rings. The van der Waals surface area contributed by atoms with Crippen LogP contribution >= 0.6 is 23.1 Å². The number of anilines is 1. The summed E-state index contributed by atoms with van der Waals surface area (Å²) in [6.07, 6.45) is 1.73. The number of carbonyl (C=O) groups excluding carboxylic acids is 2. The summed E-state index contributed by atoms with van der Waals surface area (Å²) in [7, 11) is 0. The third kappa shape index (κ3) is 4.05. The van der Waals surface area contributed by atoms with Crippen LogP contribution in [0.5, 0.6) is 0 Å². The molecule has 1 heterocycles. The minimum atomic E-state index is -0.522. The van der Waals surface area contributed by atoms with Crippen molar-refractivity contribution in [2.45, 2.75) is 25.7 Å². The van der Waals surface area contributed by atoms with Crippen LogP contribution in [0.4, 0.5) is 10.7 Å². The van der Waals surface area contributed by atoms with Gasteiger partial charge in [0.1, 0.15) is 5.00 Å². The first-order valence-electron chi connectivity index (χ1n) is 7.71. The molecule has 26 heavy (non-hydrogen) atoms. The fourth-order valence-electron chi connectivity index (χ4n) is 2.31. The molecule has 138 valence electrons. The number of nitro benzene ring substituents is 1. The molecule has 2 aromatic rings. The molecule has 2 rings (SSSR count). The maximum Gasteiger partial charge on any atom is 0.341 e. The summed E-state index contributed by atoms with van der Waals surface area (Å²) in [5.41, 5.74) is 1.08. The number of carbonyl (C=O) groups is 2. The Balaban J connectivity index is 2.36. The number of nitro groups is 1. The van der Waals surface area contributed by atoms with Crippen LogP contribution in [-0.2, 0) is 4.74 Å². The standard InChI is InChI=1S/C17H18N2O5S2/c1-5-24-17(21)14-9(2)10(3)26-16(14)18-15(20)11-6-7-13(25-4)12(8-11)19(22)23/h6-8H,5H2,1-4H3,(H,18,20). The Morgan fingerprint density at radius 1 is 1.35 bits per heavy atom. The zero-order valence-corrected chi connectivity index (χ0v) is 16.4. The maximum atomic E-state index is 12.6. The van der Waals surface area contributed by atoms with Crippen LogP contribution in [0.25, 0.3) is 0 Å². The van der Waals surface area contributed by atoms with Gasteiger partial charge in [-0.05, 0) is 44.7 Å². The molecule has 0 atom stereocenters. The van der Waals surface area contributed by atoms with E-state index in [4.69, 9.17) is 4.74 Å². The third-order valence-electron chi connectivity index (χ3n) is 3.73. The first kappa shape index (κ1) is 19.9. The summed E-state index contributed by atoms with van der Waals surface area (Å²) in [5, 5.41) is 14.2. The smallest absolute Gasteiger partial charge is 0.341 e. The van der Waals surface area contributed by atoms with E-state index < -0.39 is 16.8 Å². The lowest BCUT2D eigenvalue weighted by Crippen LogP contribution is -2.15. The molecule has 0 fully saturated rings. The van der Waals surface area contributed by atoms with Crippen molar-refractivity contribution < 1.29 is 19.2 Å². The van der Waals surface area contributed by atoms with Crippen molar-refractivity contribution in [2.75, 3.05) is 18.2 Å². The molecular formula is C17H18N2O5S2. The molecule has 0 aliphatic heterocycles. The zero-order valence-electron chi connectivity index (χ0n) is 14.7. The fraction of sp³-hybridized carbons (Fsp3) is 0.294. The lowest BCUT2D eigenvalue weighted by molar-refractivity contribution is -0.387. The van der Waals surface area contributed by atoms with Gasteiger partial charge in [0.05, 0.1) is 22.0 Å². The number of aryl methyl sites for hydroxylation is 1. The topological polar surface area (TPSA) is 98.5 Å². The highest BCUT2D eigenvalue weighted by atomic mass is 32.2. The summed E-state index contributed by atoms with van der Waals surface area (Å²) in [5.74, 6) is -1.03. The number of nitrogens with zero attached hydrogens (tertiary/aromatic N) is 1. The number of amides is 1. The van der Waals surface area contributed by atoms with Crippen molar-refractivity contribution >= 4 is 45.7 Å². The Bertz CT molecular complexity index is 876. The molecule has 1 N–H and O–H groups in total. The highest BCUT2D eigenvalue weighted by molar-refractivity contribution is 7.98. The van der Waals surface area contributed by atoms with E-state index in [1.807, 2.05) is 6.92 Å². The minimum absolute atomic E-state index is 0.130. The highest BCUT2D eigenvalue weighted by Gasteiger charge is 2.23. The van der Waals surface area contributed by atoms with Gasteiger partial charge < -0.3 is 10.1 Å². The van der Waals surface area contributed by atoms with Crippen LogP contribution < -0.4 is 5.32 Å². The predicted octanol–water partition coefficient (Wildman–Crippen LogP) is 4.42. The lowest BCUT2D eigenvalue weighted by atomic mass is 10.1. The Morgan fingerprint density at radius 3 is 2.62 bits per heavy atom. The number of benzene rings is 1. The third-order valence-corrected chi connectivity index (χ3v) is 5.64. The number of thiophene rings is 1. The van der Waals surface area contributed by atoms with Gasteiger partial charge in [-0.1, -0.05) is 0 Å². The van der Waals surface area contributed by atoms with E-state index in [9.17, 15) is 19.7 Å². The van der Waals surface area contributed by atoms with Gasteiger partial charge in [-0.15, -0.1) is 23.1 Å².